The SMILES string of the molecule is CC(C)OC(=O)[C@H](C)N[P@](=S)(OC[C@]1(F)C[C@H](C)[C@H](n2cnc3c(N(C)C)nc(N)nc32)O1)Oc1ccccc1. The number of ether oxygens (including phenoxy) is 2. The number of alkyl halides is 1. The maximum absolute atomic E-state index is 16.2. The van der Waals surface area contributed by atoms with E-state index in [9.17, 15) is 4.79 Å². The lowest BCUT2D eigenvalue weighted by Gasteiger charge is -2.29. The minimum atomic E-state index is -3.45. The lowest BCUT2D eigenvalue weighted by Crippen LogP contribution is -2.37. The maximum atomic E-state index is 16.2. The van der Waals surface area contributed by atoms with E-state index >= 15 is 4.39 Å². The number of nitrogens with one attached hydrogen (secondary N) is 1. The van der Waals surface area contributed by atoms with E-state index in [4.69, 9.17) is 36.1 Å². The van der Waals surface area contributed by atoms with Crippen LogP contribution in [0.3, 0.4) is 0 Å². The molecular formula is C25H35FN7O5PS. The Morgan fingerprint density at radius 3 is 2.67 bits per heavy atom. The van der Waals surface area contributed by atoms with E-state index in [1.807, 2.05) is 27.1 Å². The summed E-state index contributed by atoms with van der Waals surface area (Å²) in [6.07, 6.45) is 0.471. The van der Waals surface area contributed by atoms with Gasteiger partial charge < -0.3 is 29.2 Å². The topological polar surface area (TPSA) is 139 Å². The molecule has 1 aromatic carbocycles. The summed E-state index contributed by atoms with van der Waals surface area (Å²) in [7, 11) is 3.63. The third kappa shape index (κ3) is 6.87. The van der Waals surface area contributed by atoms with Gasteiger partial charge in [0.25, 0.3) is 0 Å². The number of carbonyl (C=O) groups excluding carboxylic acids is 1. The predicted octanol–water partition coefficient (Wildman–Crippen LogP) is 3.95. The number of para-hydroxylation sites is 1. The molecule has 3 N–H and O–H groups in total. The minimum absolute atomic E-state index is 0.00403. The van der Waals surface area contributed by atoms with Crippen molar-refractivity contribution in [3.8, 4) is 5.75 Å². The van der Waals surface area contributed by atoms with Crippen LogP contribution >= 0.6 is 6.64 Å². The zero-order chi connectivity index (χ0) is 29.2. The first-order valence-corrected chi connectivity index (χ1v) is 15.4. The van der Waals surface area contributed by atoms with Crippen LogP contribution in [0.5, 0.6) is 5.75 Å². The van der Waals surface area contributed by atoms with Crippen LogP contribution in [0.2, 0.25) is 0 Å². The molecule has 0 unspecified atom stereocenters. The molecule has 1 saturated heterocycles. The molecule has 2 aromatic heterocycles. The molecule has 3 heterocycles. The molecule has 0 aliphatic carbocycles. The lowest BCUT2D eigenvalue weighted by molar-refractivity contribution is -0.172. The monoisotopic (exact) mass is 595 g/mol. The van der Waals surface area contributed by atoms with E-state index < -0.39 is 37.3 Å². The first kappa shape index (κ1) is 30.1. The van der Waals surface area contributed by atoms with Crippen molar-refractivity contribution in [3.05, 3.63) is 36.7 Å². The van der Waals surface area contributed by atoms with Gasteiger partial charge in [0, 0.05) is 26.4 Å². The summed E-state index contributed by atoms with van der Waals surface area (Å²) in [5, 5.41) is 2.92. The number of fused-ring (bicyclic) bond motifs is 1. The van der Waals surface area contributed by atoms with Crippen molar-refractivity contribution in [2.75, 3.05) is 31.3 Å². The van der Waals surface area contributed by atoms with Crippen LogP contribution in [-0.4, -0.2) is 64.2 Å². The van der Waals surface area contributed by atoms with Crippen molar-refractivity contribution < 1.29 is 27.7 Å². The second-order valence-corrected chi connectivity index (χ2v) is 13.3. The van der Waals surface area contributed by atoms with E-state index in [-0.39, 0.29) is 24.4 Å². The Bertz CT molecular complexity index is 1390. The fourth-order valence-electron chi connectivity index (χ4n) is 4.32. The van der Waals surface area contributed by atoms with Gasteiger partial charge in [0.15, 0.2) is 17.0 Å². The van der Waals surface area contributed by atoms with Crippen molar-refractivity contribution in [2.24, 2.45) is 5.92 Å². The van der Waals surface area contributed by atoms with Gasteiger partial charge in [-0.05, 0) is 44.7 Å². The van der Waals surface area contributed by atoms with E-state index in [0.717, 1.165) is 0 Å². The first-order chi connectivity index (χ1) is 18.8. The van der Waals surface area contributed by atoms with Crippen LogP contribution in [0.1, 0.15) is 40.3 Å². The van der Waals surface area contributed by atoms with Crippen molar-refractivity contribution in [3.63, 3.8) is 0 Å². The van der Waals surface area contributed by atoms with E-state index in [0.29, 0.717) is 22.7 Å². The summed E-state index contributed by atoms with van der Waals surface area (Å²) in [5.41, 5.74) is 6.88. The number of esters is 1. The smallest absolute Gasteiger partial charge is 0.323 e. The number of nitrogens with zero attached hydrogens (tertiary/aromatic N) is 5. The second-order valence-electron chi connectivity index (χ2n) is 10.2. The quantitative estimate of drug-likeness (QED) is 0.245. The van der Waals surface area contributed by atoms with Crippen molar-refractivity contribution in [2.45, 2.75) is 58.3 Å². The Hall–Kier alpha value is -2.90. The summed E-state index contributed by atoms with van der Waals surface area (Å²) < 4.78 is 40.9. The molecule has 1 aliphatic heterocycles. The van der Waals surface area contributed by atoms with Crippen LogP contribution in [-0.2, 0) is 30.6 Å². The summed E-state index contributed by atoms with van der Waals surface area (Å²) in [4.78, 5) is 27.3. The van der Waals surface area contributed by atoms with E-state index in [1.54, 1.807) is 54.5 Å². The molecule has 5 atom stereocenters. The van der Waals surface area contributed by atoms with Crippen molar-refractivity contribution >= 4 is 47.3 Å². The van der Waals surface area contributed by atoms with Gasteiger partial charge in [0.1, 0.15) is 24.6 Å². The molecule has 1 aliphatic rings. The van der Waals surface area contributed by atoms with E-state index in [1.165, 1.54) is 6.33 Å². The number of halogens is 1. The summed E-state index contributed by atoms with van der Waals surface area (Å²) in [5.74, 6) is -2.02. The lowest BCUT2D eigenvalue weighted by atomic mass is 10.1. The number of nitrogen functional groups attached to an aromatic ring is 1. The minimum Gasteiger partial charge on any atom is -0.462 e. The molecule has 1 fully saturated rings. The van der Waals surface area contributed by atoms with Gasteiger partial charge in [-0.25, -0.2) is 14.5 Å². The molecule has 3 aromatic rings. The standard InChI is InChI=1S/C25H35FN7O5PS/c1-15(2)36-23(34)17(4)31-39(40,38-18-10-8-7-9-11-18)35-13-25(26)12-16(3)22(37-25)33-14-28-19-20(32(5)6)29-24(27)30-21(19)33/h7-11,14-17,22H,12-13H2,1-6H3,(H,31,40)(H2,27,29,30)/t16-,17-,22+,25-,39-/m0/s1. The van der Waals surface area contributed by atoms with Crippen molar-refractivity contribution in [1.82, 2.24) is 24.6 Å². The number of benzene rings is 1. The zero-order valence-electron chi connectivity index (χ0n) is 23.3. The molecule has 0 radical (unpaired) electrons. The molecule has 40 heavy (non-hydrogen) atoms. The maximum Gasteiger partial charge on any atom is 0.323 e. The number of rotatable bonds is 11. The summed E-state index contributed by atoms with van der Waals surface area (Å²) in [6.45, 7) is 2.93. The average Bonchev–Trinajstić information content (AvgIpc) is 3.42. The Labute approximate surface area is 237 Å². The number of carbonyl (C=O) groups is 1. The molecule has 15 heteroatoms. The van der Waals surface area contributed by atoms with Gasteiger partial charge in [-0.15, -0.1) is 0 Å². The van der Waals surface area contributed by atoms with Gasteiger partial charge in [-0.1, -0.05) is 25.1 Å². The normalized spacial score (nSPS) is 23.2. The van der Waals surface area contributed by atoms with Crippen LogP contribution in [0.25, 0.3) is 11.2 Å². The Morgan fingerprint density at radius 2 is 2.02 bits per heavy atom. The number of nitrogens with two attached hydrogens (primary N) is 1. The first-order valence-electron chi connectivity index (χ1n) is 12.8. The molecule has 12 nitrogen and oxygen atoms in total. The molecule has 0 saturated carbocycles. The molecule has 0 spiro atoms. The largest absolute Gasteiger partial charge is 0.462 e. The third-order valence-electron chi connectivity index (χ3n) is 6.04. The van der Waals surface area contributed by atoms with Gasteiger partial charge in [0.2, 0.25) is 11.8 Å². The molecule has 218 valence electrons. The molecule has 0 amide bonds. The third-order valence-corrected chi connectivity index (χ3v) is 8.52. The number of hydrogen-bond donors (Lipinski definition) is 2. The fraction of sp³-hybridized carbons (Fsp3) is 0.520. The Kier molecular flexibility index (Phi) is 8.96. The highest BCUT2D eigenvalue weighted by molar-refractivity contribution is 8.09. The average molecular weight is 596 g/mol. The number of anilines is 2. The van der Waals surface area contributed by atoms with E-state index in [2.05, 4.69) is 20.0 Å². The summed E-state index contributed by atoms with van der Waals surface area (Å²) >= 11 is 5.71. The van der Waals surface area contributed by atoms with Gasteiger partial charge >= 0.3 is 12.6 Å². The number of imidazole rings is 1. The van der Waals surface area contributed by atoms with Gasteiger partial charge in [-0.3, -0.25) is 9.36 Å². The van der Waals surface area contributed by atoms with Crippen LogP contribution in [0.4, 0.5) is 16.2 Å². The van der Waals surface area contributed by atoms with Gasteiger partial charge in [0.05, 0.1) is 12.4 Å². The highest BCUT2D eigenvalue weighted by Crippen LogP contribution is 2.49. The zero-order valence-corrected chi connectivity index (χ0v) is 25.0. The highest BCUT2D eigenvalue weighted by Gasteiger charge is 2.48. The second kappa shape index (κ2) is 11.9. The van der Waals surface area contributed by atoms with Crippen LogP contribution in [0, 0.1) is 5.92 Å². The highest BCUT2D eigenvalue weighted by atomic mass is 32.5. The van der Waals surface area contributed by atoms with Crippen molar-refractivity contribution in [1.29, 1.82) is 0 Å². The Balaban J connectivity index is 1.54. The number of aromatic nitrogens is 4. The number of hydrogen-bond acceptors (Lipinski definition) is 11. The fourth-order valence-corrected chi connectivity index (χ4v) is 6.73. The molecular weight excluding hydrogens is 560 g/mol. The van der Waals surface area contributed by atoms with Crippen LogP contribution < -0.4 is 20.2 Å². The Morgan fingerprint density at radius 1 is 1.32 bits per heavy atom. The van der Waals surface area contributed by atoms with Crippen LogP contribution in [0.15, 0.2) is 36.7 Å². The summed E-state index contributed by atoms with van der Waals surface area (Å²) in [6, 6.07) is 7.87. The predicted molar refractivity (Wildman–Crippen MR) is 153 cm³/mol. The molecule has 0 bridgehead atoms. The molecule has 4 rings (SSSR count). The van der Waals surface area contributed by atoms with Gasteiger partial charge in [-0.2, -0.15) is 9.97 Å².